The predicted octanol–water partition coefficient (Wildman–Crippen LogP) is 1.91. The van der Waals surface area contributed by atoms with Crippen LogP contribution in [0.3, 0.4) is 0 Å². The number of hydrogen-bond donors (Lipinski definition) is 2. The van der Waals surface area contributed by atoms with E-state index < -0.39 is 0 Å². The quantitative estimate of drug-likeness (QED) is 0.612. The lowest BCUT2D eigenvalue weighted by Crippen LogP contribution is -2.49. The normalized spacial score (nSPS) is 18.2. The molecular formula is C21H25ClN8O2. The number of ether oxygens (including phenoxy) is 1. The first-order valence-corrected chi connectivity index (χ1v) is 11.1. The Labute approximate surface area is 190 Å². The number of nitrogens with two attached hydrogens (primary N) is 1. The van der Waals surface area contributed by atoms with E-state index in [0.29, 0.717) is 22.4 Å². The molecule has 11 heteroatoms. The number of rotatable bonds is 4. The summed E-state index contributed by atoms with van der Waals surface area (Å²) >= 11 is 5.97. The van der Waals surface area contributed by atoms with E-state index in [1.54, 1.807) is 18.6 Å². The number of hydrogen-bond acceptors (Lipinski definition) is 8. The summed E-state index contributed by atoms with van der Waals surface area (Å²) in [6.45, 7) is 5.45. The Balaban J connectivity index is 1.32. The van der Waals surface area contributed by atoms with Crippen LogP contribution >= 0.6 is 11.6 Å². The maximum atomic E-state index is 13.1. The predicted molar refractivity (Wildman–Crippen MR) is 122 cm³/mol. The third-order valence-corrected chi connectivity index (χ3v) is 6.30. The van der Waals surface area contributed by atoms with Crippen molar-refractivity contribution < 1.29 is 9.53 Å². The first-order valence-electron chi connectivity index (χ1n) is 10.7. The first kappa shape index (κ1) is 20.9. The molecule has 5 heterocycles. The third kappa shape index (κ3) is 4.08. The zero-order chi connectivity index (χ0) is 22.1. The molecule has 2 fully saturated rings. The maximum absolute atomic E-state index is 13.1. The zero-order valence-corrected chi connectivity index (χ0v) is 18.3. The van der Waals surface area contributed by atoms with Crippen molar-refractivity contribution in [3.63, 3.8) is 0 Å². The van der Waals surface area contributed by atoms with Crippen LogP contribution in [0, 0.1) is 0 Å². The summed E-state index contributed by atoms with van der Waals surface area (Å²) in [5.41, 5.74) is 8.15. The molecule has 5 rings (SSSR count). The van der Waals surface area contributed by atoms with Gasteiger partial charge in [-0.15, -0.1) is 5.10 Å². The van der Waals surface area contributed by atoms with Gasteiger partial charge in [-0.3, -0.25) is 14.7 Å². The zero-order valence-electron chi connectivity index (χ0n) is 17.6. The van der Waals surface area contributed by atoms with Crippen molar-refractivity contribution in [1.29, 1.82) is 0 Å². The van der Waals surface area contributed by atoms with E-state index in [1.165, 1.54) is 10.7 Å². The van der Waals surface area contributed by atoms with Gasteiger partial charge in [-0.05, 0) is 18.9 Å². The van der Waals surface area contributed by atoms with Crippen molar-refractivity contribution >= 4 is 40.3 Å². The standard InChI is InChI=1S/C21H25ClN8O2/c22-14-11-25-20-18(19(23)27-30(20)13-14)21(31)26-16-12-24-4-1-17(16)29-5-2-15(3-6-29)28-7-9-32-10-8-28/h1,4,11-13,15H,2-3,5-10H2,(H2,23,27)(H,26,31). The average molecular weight is 457 g/mol. The molecule has 3 N–H and O–H groups in total. The second kappa shape index (κ2) is 8.89. The van der Waals surface area contributed by atoms with Crippen molar-refractivity contribution in [2.24, 2.45) is 0 Å². The van der Waals surface area contributed by atoms with Gasteiger partial charge in [0.1, 0.15) is 5.56 Å². The maximum Gasteiger partial charge on any atom is 0.263 e. The minimum absolute atomic E-state index is 0.0917. The number of amides is 1. The van der Waals surface area contributed by atoms with Gasteiger partial charge in [0.15, 0.2) is 11.5 Å². The van der Waals surface area contributed by atoms with E-state index in [1.807, 2.05) is 6.07 Å². The van der Waals surface area contributed by atoms with E-state index in [4.69, 9.17) is 22.1 Å². The van der Waals surface area contributed by atoms with Gasteiger partial charge in [-0.25, -0.2) is 9.50 Å². The smallest absolute Gasteiger partial charge is 0.263 e. The SMILES string of the molecule is Nc1nn2cc(Cl)cnc2c1C(=O)Nc1cnccc1N1CCC(N2CCOCC2)CC1. The molecule has 168 valence electrons. The van der Waals surface area contributed by atoms with Crippen LogP contribution in [-0.4, -0.2) is 75.8 Å². The van der Waals surface area contributed by atoms with Gasteiger partial charge in [0.25, 0.3) is 5.91 Å². The molecule has 3 aromatic heterocycles. The van der Waals surface area contributed by atoms with Gasteiger partial charge < -0.3 is 20.7 Å². The number of pyridine rings is 1. The summed E-state index contributed by atoms with van der Waals surface area (Å²) in [4.78, 5) is 26.4. The molecule has 2 aliphatic rings. The molecule has 0 aliphatic carbocycles. The van der Waals surface area contributed by atoms with Gasteiger partial charge >= 0.3 is 0 Å². The summed E-state index contributed by atoms with van der Waals surface area (Å²) in [6.07, 6.45) is 8.57. The van der Waals surface area contributed by atoms with Gasteiger partial charge in [0.2, 0.25) is 0 Å². The summed E-state index contributed by atoms with van der Waals surface area (Å²) in [5.74, 6) is -0.293. The highest BCUT2D eigenvalue weighted by atomic mass is 35.5. The number of aromatic nitrogens is 4. The fourth-order valence-corrected chi connectivity index (χ4v) is 4.65. The number of nitrogens with one attached hydrogen (secondary N) is 1. The number of nitrogens with zero attached hydrogens (tertiary/aromatic N) is 6. The number of piperidine rings is 1. The summed E-state index contributed by atoms with van der Waals surface area (Å²) in [6, 6.07) is 2.51. The van der Waals surface area contributed by atoms with Crippen LogP contribution < -0.4 is 16.0 Å². The highest BCUT2D eigenvalue weighted by molar-refractivity contribution is 6.30. The molecule has 0 aromatic carbocycles. The van der Waals surface area contributed by atoms with Gasteiger partial charge in [0.05, 0.1) is 42.0 Å². The number of halogens is 1. The molecular weight excluding hydrogens is 432 g/mol. The molecule has 32 heavy (non-hydrogen) atoms. The molecule has 0 spiro atoms. The number of carbonyl (C=O) groups excluding carboxylic acids is 1. The lowest BCUT2D eigenvalue weighted by atomic mass is 10.0. The number of nitrogen functional groups attached to an aromatic ring is 1. The molecule has 10 nitrogen and oxygen atoms in total. The van der Waals surface area contributed by atoms with Crippen LogP contribution in [0.1, 0.15) is 23.2 Å². The van der Waals surface area contributed by atoms with E-state index in [0.717, 1.165) is 57.9 Å². The summed E-state index contributed by atoms with van der Waals surface area (Å²) < 4.78 is 6.89. The largest absolute Gasteiger partial charge is 0.381 e. The van der Waals surface area contributed by atoms with Crippen molar-refractivity contribution in [1.82, 2.24) is 24.5 Å². The number of anilines is 3. The molecule has 2 aliphatic heterocycles. The van der Waals surface area contributed by atoms with E-state index in [-0.39, 0.29) is 17.3 Å². The molecule has 2 saturated heterocycles. The lowest BCUT2D eigenvalue weighted by Gasteiger charge is -2.41. The van der Waals surface area contributed by atoms with Crippen molar-refractivity contribution in [3.05, 3.63) is 41.4 Å². The fraction of sp³-hybridized carbons (Fsp3) is 0.429. The average Bonchev–Trinajstić information content (AvgIpc) is 3.15. The second-order valence-electron chi connectivity index (χ2n) is 8.01. The van der Waals surface area contributed by atoms with Crippen LogP contribution in [0.25, 0.3) is 5.65 Å². The van der Waals surface area contributed by atoms with E-state index >= 15 is 0 Å². The lowest BCUT2D eigenvalue weighted by molar-refractivity contribution is 0.0115. The highest BCUT2D eigenvalue weighted by Gasteiger charge is 2.27. The number of fused-ring (bicyclic) bond motifs is 1. The summed E-state index contributed by atoms with van der Waals surface area (Å²) in [7, 11) is 0. The second-order valence-corrected chi connectivity index (χ2v) is 8.45. The van der Waals surface area contributed by atoms with Crippen molar-refractivity contribution in [2.75, 3.05) is 55.3 Å². The van der Waals surface area contributed by atoms with Crippen LogP contribution in [0.15, 0.2) is 30.9 Å². The molecule has 0 atom stereocenters. The van der Waals surface area contributed by atoms with Crippen LogP contribution in [0.5, 0.6) is 0 Å². The Bertz CT molecular complexity index is 1120. The molecule has 3 aromatic rings. The van der Waals surface area contributed by atoms with Crippen LogP contribution in [0.2, 0.25) is 5.02 Å². The minimum Gasteiger partial charge on any atom is -0.381 e. The van der Waals surface area contributed by atoms with Crippen LogP contribution in [-0.2, 0) is 4.74 Å². The molecule has 0 unspecified atom stereocenters. The Morgan fingerprint density at radius 3 is 2.75 bits per heavy atom. The first-order chi connectivity index (χ1) is 15.6. The van der Waals surface area contributed by atoms with E-state index in [2.05, 4.69) is 30.2 Å². The van der Waals surface area contributed by atoms with Gasteiger partial charge in [-0.1, -0.05) is 11.6 Å². The molecule has 0 saturated carbocycles. The Hall–Kier alpha value is -2.95. The van der Waals surface area contributed by atoms with Gasteiger partial charge in [0, 0.05) is 44.6 Å². The van der Waals surface area contributed by atoms with Crippen molar-refractivity contribution in [2.45, 2.75) is 18.9 Å². The molecule has 0 bridgehead atoms. The fourth-order valence-electron chi connectivity index (χ4n) is 4.51. The summed E-state index contributed by atoms with van der Waals surface area (Å²) in [5, 5.41) is 7.51. The third-order valence-electron chi connectivity index (χ3n) is 6.11. The highest BCUT2D eigenvalue weighted by Crippen LogP contribution is 2.30. The van der Waals surface area contributed by atoms with E-state index in [9.17, 15) is 4.79 Å². The number of carbonyl (C=O) groups is 1. The molecule has 1 amide bonds. The Morgan fingerprint density at radius 1 is 1.19 bits per heavy atom. The topological polar surface area (TPSA) is 114 Å². The van der Waals surface area contributed by atoms with Crippen LogP contribution in [0.4, 0.5) is 17.2 Å². The number of morpholine rings is 1. The monoisotopic (exact) mass is 456 g/mol. The molecule has 0 radical (unpaired) electrons. The minimum atomic E-state index is -0.384. The van der Waals surface area contributed by atoms with Gasteiger partial charge in [-0.2, -0.15) is 0 Å². The van der Waals surface area contributed by atoms with Crippen molar-refractivity contribution in [3.8, 4) is 0 Å². The Kier molecular flexibility index (Phi) is 5.81. The Morgan fingerprint density at radius 2 is 1.97 bits per heavy atom.